The summed E-state index contributed by atoms with van der Waals surface area (Å²) in [4.78, 5) is 0. The predicted molar refractivity (Wildman–Crippen MR) is 74.6 cm³/mol. The van der Waals surface area contributed by atoms with Crippen LogP contribution in [-0.2, 0) is 11.3 Å². The molecule has 0 amide bonds. The van der Waals surface area contributed by atoms with Crippen LogP contribution in [-0.4, -0.2) is 26.6 Å². The molecule has 19 heavy (non-hydrogen) atoms. The maximum atomic E-state index is 5.52. The number of ether oxygens (including phenoxy) is 3. The van der Waals surface area contributed by atoms with E-state index in [0.717, 1.165) is 56.2 Å². The summed E-state index contributed by atoms with van der Waals surface area (Å²) in [7, 11) is 0. The van der Waals surface area contributed by atoms with Gasteiger partial charge in [-0.05, 0) is 25.5 Å². The standard InChI is InChI=1S/C15H23NO3/c1-2-3-9-17-10-5-8-16-11-13-6-4-7-14-15(13)19-12-18-14/h4,6-7,16H,2-3,5,8-12H2,1H3. The molecule has 1 aliphatic heterocycles. The van der Waals surface area contributed by atoms with Gasteiger partial charge in [0, 0.05) is 25.3 Å². The minimum atomic E-state index is 0.331. The summed E-state index contributed by atoms with van der Waals surface area (Å²) in [5.41, 5.74) is 1.15. The Labute approximate surface area is 115 Å². The molecular weight excluding hydrogens is 242 g/mol. The van der Waals surface area contributed by atoms with Crippen molar-refractivity contribution in [3.63, 3.8) is 0 Å². The zero-order chi connectivity index (χ0) is 13.3. The van der Waals surface area contributed by atoms with Gasteiger partial charge in [-0.25, -0.2) is 0 Å². The average molecular weight is 265 g/mol. The van der Waals surface area contributed by atoms with Gasteiger partial charge in [-0.1, -0.05) is 25.5 Å². The van der Waals surface area contributed by atoms with Gasteiger partial charge in [0.05, 0.1) is 0 Å². The molecule has 0 atom stereocenters. The molecule has 4 heteroatoms. The SMILES string of the molecule is CCCCOCCCNCc1cccc2c1OCO2. The number of benzene rings is 1. The van der Waals surface area contributed by atoms with Crippen LogP contribution in [0, 0.1) is 0 Å². The van der Waals surface area contributed by atoms with E-state index in [0.29, 0.717) is 6.79 Å². The van der Waals surface area contributed by atoms with Gasteiger partial charge in [0.1, 0.15) is 0 Å². The Hall–Kier alpha value is -1.26. The largest absolute Gasteiger partial charge is 0.454 e. The van der Waals surface area contributed by atoms with Crippen LogP contribution in [0.4, 0.5) is 0 Å². The molecule has 0 aliphatic carbocycles. The number of rotatable bonds is 9. The van der Waals surface area contributed by atoms with Crippen molar-refractivity contribution in [3.05, 3.63) is 23.8 Å². The van der Waals surface area contributed by atoms with Crippen LogP contribution >= 0.6 is 0 Å². The van der Waals surface area contributed by atoms with Crippen LogP contribution in [0.25, 0.3) is 0 Å². The lowest BCUT2D eigenvalue weighted by Crippen LogP contribution is -2.16. The molecule has 0 unspecified atom stereocenters. The molecule has 1 heterocycles. The van der Waals surface area contributed by atoms with E-state index in [2.05, 4.69) is 18.3 Å². The molecule has 2 rings (SSSR count). The lowest BCUT2D eigenvalue weighted by molar-refractivity contribution is 0.128. The van der Waals surface area contributed by atoms with Crippen molar-refractivity contribution in [1.29, 1.82) is 0 Å². The second-order valence-electron chi connectivity index (χ2n) is 4.65. The highest BCUT2D eigenvalue weighted by Gasteiger charge is 2.16. The number of unbranched alkanes of at least 4 members (excludes halogenated alkanes) is 1. The predicted octanol–water partition coefficient (Wildman–Crippen LogP) is 2.71. The summed E-state index contributed by atoms with van der Waals surface area (Å²) in [6.07, 6.45) is 3.39. The Balaban J connectivity index is 1.60. The summed E-state index contributed by atoms with van der Waals surface area (Å²) >= 11 is 0. The molecule has 1 aromatic carbocycles. The van der Waals surface area contributed by atoms with Gasteiger partial charge in [-0.2, -0.15) is 0 Å². The van der Waals surface area contributed by atoms with E-state index in [1.54, 1.807) is 0 Å². The third-order valence-corrected chi connectivity index (χ3v) is 3.08. The molecule has 0 fully saturated rings. The number of hydrogen-bond acceptors (Lipinski definition) is 4. The fraction of sp³-hybridized carbons (Fsp3) is 0.600. The molecule has 0 spiro atoms. The molecule has 0 saturated heterocycles. The topological polar surface area (TPSA) is 39.7 Å². The first-order chi connectivity index (χ1) is 9.42. The first kappa shape index (κ1) is 14.2. The zero-order valence-corrected chi connectivity index (χ0v) is 11.6. The van der Waals surface area contributed by atoms with E-state index in [-0.39, 0.29) is 0 Å². The quantitative estimate of drug-likeness (QED) is 0.697. The summed E-state index contributed by atoms with van der Waals surface area (Å²) in [5.74, 6) is 1.73. The molecule has 1 aliphatic rings. The minimum absolute atomic E-state index is 0.331. The Morgan fingerprint density at radius 1 is 1.21 bits per heavy atom. The van der Waals surface area contributed by atoms with Gasteiger partial charge in [0.25, 0.3) is 0 Å². The molecule has 0 bridgehead atoms. The highest BCUT2D eigenvalue weighted by atomic mass is 16.7. The smallest absolute Gasteiger partial charge is 0.231 e. The lowest BCUT2D eigenvalue weighted by Gasteiger charge is -2.08. The van der Waals surface area contributed by atoms with Crippen molar-refractivity contribution >= 4 is 0 Å². The van der Waals surface area contributed by atoms with E-state index in [9.17, 15) is 0 Å². The Morgan fingerprint density at radius 3 is 3.00 bits per heavy atom. The highest BCUT2D eigenvalue weighted by molar-refractivity contribution is 5.48. The van der Waals surface area contributed by atoms with Gasteiger partial charge < -0.3 is 19.5 Å². The Bertz CT molecular complexity index is 382. The summed E-state index contributed by atoms with van der Waals surface area (Å²) in [6.45, 7) is 5.98. The van der Waals surface area contributed by atoms with Crippen LogP contribution in [0.5, 0.6) is 11.5 Å². The van der Waals surface area contributed by atoms with E-state index in [1.165, 1.54) is 6.42 Å². The molecule has 0 radical (unpaired) electrons. The number of hydrogen-bond donors (Lipinski definition) is 1. The monoisotopic (exact) mass is 265 g/mol. The van der Waals surface area contributed by atoms with Crippen molar-refractivity contribution in [2.75, 3.05) is 26.6 Å². The van der Waals surface area contributed by atoms with Gasteiger partial charge in [-0.15, -0.1) is 0 Å². The highest BCUT2D eigenvalue weighted by Crippen LogP contribution is 2.35. The lowest BCUT2D eigenvalue weighted by atomic mass is 10.2. The third-order valence-electron chi connectivity index (χ3n) is 3.08. The van der Waals surface area contributed by atoms with Gasteiger partial charge >= 0.3 is 0 Å². The Morgan fingerprint density at radius 2 is 2.11 bits per heavy atom. The van der Waals surface area contributed by atoms with Crippen molar-refractivity contribution in [2.24, 2.45) is 0 Å². The minimum Gasteiger partial charge on any atom is -0.454 e. The molecule has 4 nitrogen and oxygen atoms in total. The van der Waals surface area contributed by atoms with Gasteiger partial charge in [0.2, 0.25) is 6.79 Å². The number of fused-ring (bicyclic) bond motifs is 1. The second-order valence-corrected chi connectivity index (χ2v) is 4.65. The number of para-hydroxylation sites is 1. The van der Waals surface area contributed by atoms with Crippen molar-refractivity contribution < 1.29 is 14.2 Å². The molecule has 106 valence electrons. The van der Waals surface area contributed by atoms with Crippen molar-refractivity contribution in [2.45, 2.75) is 32.7 Å². The first-order valence-electron chi connectivity index (χ1n) is 7.07. The second kappa shape index (κ2) is 8.02. The zero-order valence-electron chi connectivity index (χ0n) is 11.6. The van der Waals surface area contributed by atoms with Crippen LogP contribution in [0.1, 0.15) is 31.7 Å². The maximum absolute atomic E-state index is 5.52. The van der Waals surface area contributed by atoms with E-state index in [1.807, 2.05) is 12.1 Å². The molecule has 0 aromatic heterocycles. The maximum Gasteiger partial charge on any atom is 0.231 e. The number of nitrogens with one attached hydrogen (secondary N) is 1. The van der Waals surface area contributed by atoms with E-state index >= 15 is 0 Å². The van der Waals surface area contributed by atoms with E-state index in [4.69, 9.17) is 14.2 Å². The average Bonchev–Trinajstić information content (AvgIpc) is 2.91. The molecular formula is C15H23NO3. The van der Waals surface area contributed by atoms with Crippen molar-refractivity contribution in [1.82, 2.24) is 5.32 Å². The van der Waals surface area contributed by atoms with Crippen LogP contribution in [0.2, 0.25) is 0 Å². The van der Waals surface area contributed by atoms with Crippen LogP contribution in [0.3, 0.4) is 0 Å². The summed E-state index contributed by atoms with van der Waals surface area (Å²) in [6, 6.07) is 6.00. The van der Waals surface area contributed by atoms with Crippen LogP contribution in [0.15, 0.2) is 18.2 Å². The molecule has 0 saturated carbocycles. The van der Waals surface area contributed by atoms with Crippen molar-refractivity contribution in [3.8, 4) is 11.5 Å². The third kappa shape index (κ3) is 4.40. The Kier molecular flexibility index (Phi) is 5.98. The summed E-state index contributed by atoms with van der Waals surface area (Å²) < 4.78 is 16.3. The summed E-state index contributed by atoms with van der Waals surface area (Å²) in [5, 5.41) is 3.41. The van der Waals surface area contributed by atoms with Gasteiger partial charge in [0.15, 0.2) is 11.5 Å². The van der Waals surface area contributed by atoms with Gasteiger partial charge in [-0.3, -0.25) is 0 Å². The molecule has 1 aromatic rings. The normalized spacial score (nSPS) is 12.9. The fourth-order valence-corrected chi connectivity index (χ4v) is 2.00. The van der Waals surface area contributed by atoms with Crippen LogP contribution < -0.4 is 14.8 Å². The van der Waals surface area contributed by atoms with E-state index < -0.39 is 0 Å². The fourth-order valence-electron chi connectivity index (χ4n) is 2.00. The first-order valence-corrected chi connectivity index (χ1v) is 7.07. The molecule has 1 N–H and O–H groups in total.